The van der Waals surface area contributed by atoms with Crippen molar-refractivity contribution in [1.82, 2.24) is 4.98 Å². The molecule has 19 heavy (non-hydrogen) atoms. The summed E-state index contributed by atoms with van der Waals surface area (Å²) in [4.78, 5) is 3.93. The van der Waals surface area contributed by atoms with Crippen molar-refractivity contribution >= 4 is 5.69 Å². The second-order valence-corrected chi connectivity index (χ2v) is 5.46. The number of rotatable bonds is 6. The molecular weight excluding hydrogens is 236 g/mol. The van der Waals surface area contributed by atoms with Crippen LogP contribution >= 0.6 is 0 Å². The first-order valence-corrected chi connectivity index (χ1v) is 6.90. The number of benzene rings is 1. The summed E-state index contributed by atoms with van der Waals surface area (Å²) >= 11 is 0. The Hall–Kier alpha value is -1.77. The first kappa shape index (κ1) is 13.7. The molecule has 0 radical (unpaired) electrons. The molecule has 0 amide bonds. The van der Waals surface area contributed by atoms with E-state index >= 15 is 0 Å². The Bertz CT molecular complexity index is 474. The summed E-state index contributed by atoms with van der Waals surface area (Å²) in [5.74, 6) is 1.57. The standard InChI is InChI=1S/C16H22N2O/c1-12(2)4-5-13(3)18-15-8-6-14(7-9-15)16-10-17-11-19-16/h6-13,18H,4-5H2,1-3H3. The quantitative estimate of drug-likeness (QED) is 0.824. The molecule has 1 unspecified atom stereocenters. The molecule has 0 aliphatic rings. The molecule has 0 saturated heterocycles. The van der Waals surface area contributed by atoms with Crippen LogP contribution in [-0.4, -0.2) is 11.0 Å². The number of hydrogen-bond donors (Lipinski definition) is 1. The zero-order valence-corrected chi connectivity index (χ0v) is 11.9. The molecule has 0 spiro atoms. The summed E-state index contributed by atoms with van der Waals surface area (Å²) in [5, 5.41) is 3.52. The van der Waals surface area contributed by atoms with Crippen molar-refractivity contribution in [1.29, 1.82) is 0 Å². The van der Waals surface area contributed by atoms with Crippen molar-refractivity contribution in [3.63, 3.8) is 0 Å². The number of hydrogen-bond acceptors (Lipinski definition) is 3. The fourth-order valence-electron chi connectivity index (χ4n) is 2.03. The lowest BCUT2D eigenvalue weighted by molar-refractivity contribution is 0.528. The van der Waals surface area contributed by atoms with Crippen LogP contribution in [0.4, 0.5) is 5.69 Å². The lowest BCUT2D eigenvalue weighted by atomic mass is 10.0. The van der Waals surface area contributed by atoms with Crippen LogP contribution in [0.1, 0.15) is 33.6 Å². The highest BCUT2D eigenvalue weighted by Crippen LogP contribution is 2.21. The summed E-state index contributed by atoms with van der Waals surface area (Å²) < 4.78 is 5.27. The van der Waals surface area contributed by atoms with Gasteiger partial charge in [0.15, 0.2) is 12.2 Å². The number of nitrogens with zero attached hydrogens (tertiary/aromatic N) is 1. The molecule has 0 aliphatic heterocycles. The molecular formula is C16H22N2O. The Labute approximate surface area is 115 Å². The molecule has 1 atom stereocenters. The van der Waals surface area contributed by atoms with Gasteiger partial charge < -0.3 is 9.73 Å². The van der Waals surface area contributed by atoms with E-state index in [1.54, 1.807) is 6.20 Å². The predicted octanol–water partition coefficient (Wildman–Crippen LogP) is 4.58. The minimum atomic E-state index is 0.499. The van der Waals surface area contributed by atoms with Gasteiger partial charge in [-0.1, -0.05) is 13.8 Å². The van der Waals surface area contributed by atoms with Gasteiger partial charge in [-0.15, -0.1) is 0 Å². The van der Waals surface area contributed by atoms with Gasteiger partial charge in [-0.25, -0.2) is 4.98 Å². The molecule has 1 aromatic heterocycles. The molecule has 0 fully saturated rings. The SMILES string of the molecule is CC(C)CCC(C)Nc1ccc(-c2cnco2)cc1. The Morgan fingerprint density at radius 2 is 1.84 bits per heavy atom. The topological polar surface area (TPSA) is 38.1 Å². The van der Waals surface area contributed by atoms with E-state index in [1.807, 2.05) is 0 Å². The van der Waals surface area contributed by atoms with E-state index in [0.29, 0.717) is 6.04 Å². The third kappa shape index (κ3) is 4.12. The lowest BCUT2D eigenvalue weighted by Gasteiger charge is -2.16. The third-order valence-electron chi connectivity index (χ3n) is 3.19. The van der Waals surface area contributed by atoms with E-state index in [1.165, 1.54) is 19.2 Å². The summed E-state index contributed by atoms with van der Waals surface area (Å²) in [7, 11) is 0. The summed E-state index contributed by atoms with van der Waals surface area (Å²) in [6.45, 7) is 6.75. The number of nitrogens with one attached hydrogen (secondary N) is 1. The van der Waals surface area contributed by atoms with E-state index < -0.39 is 0 Å². The maximum atomic E-state index is 5.27. The highest BCUT2D eigenvalue weighted by Gasteiger charge is 2.05. The van der Waals surface area contributed by atoms with Crippen molar-refractivity contribution in [2.45, 2.75) is 39.7 Å². The first-order chi connectivity index (χ1) is 9.15. The van der Waals surface area contributed by atoms with Crippen molar-refractivity contribution in [2.75, 3.05) is 5.32 Å². The van der Waals surface area contributed by atoms with Crippen molar-refractivity contribution in [3.8, 4) is 11.3 Å². The first-order valence-electron chi connectivity index (χ1n) is 6.90. The van der Waals surface area contributed by atoms with E-state index in [2.05, 4.69) is 55.3 Å². The van der Waals surface area contributed by atoms with E-state index in [9.17, 15) is 0 Å². The van der Waals surface area contributed by atoms with Gasteiger partial charge in [0, 0.05) is 17.3 Å². The minimum absolute atomic E-state index is 0.499. The summed E-state index contributed by atoms with van der Waals surface area (Å²) in [5.41, 5.74) is 2.21. The van der Waals surface area contributed by atoms with Gasteiger partial charge >= 0.3 is 0 Å². The van der Waals surface area contributed by atoms with Crippen LogP contribution < -0.4 is 5.32 Å². The molecule has 0 bridgehead atoms. The van der Waals surface area contributed by atoms with Crippen LogP contribution in [0.3, 0.4) is 0 Å². The average molecular weight is 258 g/mol. The molecule has 0 saturated carbocycles. The van der Waals surface area contributed by atoms with Gasteiger partial charge in [0.2, 0.25) is 0 Å². The number of aromatic nitrogens is 1. The van der Waals surface area contributed by atoms with Gasteiger partial charge in [0.05, 0.1) is 6.20 Å². The fraction of sp³-hybridized carbons (Fsp3) is 0.438. The molecule has 1 N–H and O–H groups in total. The summed E-state index contributed by atoms with van der Waals surface area (Å²) in [6, 6.07) is 8.78. The third-order valence-corrected chi connectivity index (χ3v) is 3.19. The van der Waals surface area contributed by atoms with Gasteiger partial charge in [-0.05, 0) is 49.9 Å². The zero-order valence-electron chi connectivity index (χ0n) is 11.9. The maximum Gasteiger partial charge on any atom is 0.181 e. The van der Waals surface area contributed by atoms with Gasteiger partial charge in [-0.2, -0.15) is 0 Å². The highest BCUT2D eigenvalue weighted by atomic mass is 16.3. The Kier molecular flexibility index (Phi) is 4.61. The van der Waals surface area contributed by atoms with E-state index in [4.69, 9.17) is 4.42 Å². The smallest absolute Gasteiger partial charge is 0.181 e. The molecule has 2 aromatic rings. The van der Waals surface area contributed by atoms with E-state index in [0.717, 1.165) is 22.9 Å². The maximum absolute atomic E-state index is 5.27. The molecule has 1 aromatic carbocycles. The zero-order chi connectivity index (χ0) is 13.7. The Morgan fingerprint density at radius 3 is 2.42 bits per heavy atom. The van der Waals surface area contributed by atoms with Crippen molar-refractivity contribution < 1.29 is 4.42 Å². The van der Waals surface area contributed by atoms with Crippen molar-refractivity contribution in [3.05, 3.63) is 36.9 Å². The molecule has 2 rings (SSSR count). The van der Waals surface area contributed by atoms with Crippen LogP contribution in [0.2, 0.25) is 0 Å². The highest BCUT2D eigenvalue weighted by molar-refractivity contribution is 5.60. The summed E-state index contributed by atoms with van der Waals surface area (Å²) in [6.07, 6.45) is 5.63. The number of anilines is 1. The monoisotopic (exact) mass is 258 g/mol. The van der Waals surface area contributed by atoms with Crippen molar-refractivity contribution in [2.24, 2.45) is 5.92 Å². The van der Waals surface area contributed by atoms with Crippen LogP contribution in [0.25, 0.3) is 11.3 Å². The van der Waals surface area contributed by atoms with Crippen LogP contribution in [0.15, 0.2) is 41.3 Å². The molecule has 1 heterocycles. The van der Waals surface area contributed by atoms with Gasteiger partial charge in [0.25, 0.3) is 0 Å². The number of oxazole rings is 1. The van der Waals surface area contributed by atoms with Gasteiger partial charge in [0.1, 0.15) is 0 Å². The van der Waals surface area contributed by atoms with Crippen LogP contribution in [-0.2, 0) is 0 Å². The normalized spacial score (nSPS) is 12.6. The van der Waals surface area contributed by atoms with Crippen LogP contribution in [0, 0.1) is 5.92 Å². The molecule has 102 valence electrons. The van der Waals surface area contributed by atoms with Gasteiger partial charge in [-0.3, -0.25) is 0 Å². The molecule has 3 nitrogen and oxygen atoms in total. The second kappa shape index (κ2) is 6.41. The predicted molar refractivity (Wildman–Crippen MR) is 79.1 cm³/mol. The Balaban J connectivity index is 1.92. The minimum Gasteiger partial charge on any atom is -0.444 e. The Morgan fingerprint density at radius 1 is 1.11 bits per heavy atom. The molecule has 0 aliphatic carbocycles. The largest absolute Gasteiger partial charge is 0.444 e. The fourth-order valence-corrected chi connectivity index (χ4v) is 2.03. The van der Waals surface area contributed by atoms with Crippen LogP contribution in [0.5, 0.6) is 0 Å². The average Bonchev–Trinajstić information content (AvgIpc) is 2.91. The van der Waals surface area contributed by atoms with E-state index in [-0.39, 0.29) is 0 Å². The molecule has 3 heteroatoms. The second-order valence-electron chi connectivity index (χ2n) is 5.46. The lowest BCUT2D eigenvalue weighted by Crippen LogP contribution is -2.15.